The van der Waals surface area contributed by atoms with Crippen LogP contribution in [0.2, 0.25) is 5.02 Å². The Hall–Kier alpha value is -1.93. The number of hydrogen-bond acceptors (Lipinski definition) is 4. The van der Waals surface area contributed by atoms with Crippen molar-refractivity contribution in [2.45, 2.75) is 49.2 Å². The van der Waals surface area contributed by atoms with Crippen LogP contribution >= 0.6 is 11.6 Å². The normalized spacial score (nSPS) is 23.7. The summed E-state index contributed by atoms with van der Waals surface area (Å²) in [4.78, 5) is 13.1. The third-order valence-corrected chi connectivity index (χ3v) is 7.82. The molecule has 2 aromatic rings. The molecule has 30 heavy (non-hydrogen) atoms. The fourth-order valence-corrected chi connectivity index (χ4v) is 5.69. The highest BCUT2D eigenvalue weighted by Gasteiger charge is 2.51. The predicted molar refractivity (Wildman–Crippen MR) is 116 cm³/mol. The van der Waals surface area contributed by atoms with E-state index in [-0.39, 0.29) is 23.0 Å². The number of anilines is 1. The summed E-state index contributed by atoms with van der Waals surface area (Å²) in [6, 6.07) is 13.7. The Kier molecular flexibility index (Phi) is 5.66. The molecular weight excluding hydrogens is 424 g/mol. The van der Waals surface area contributed by atoms with Gasteiger partial charge in [0, 0.05) is 23.8 Å². The van der Waals surface area contributed by atoms with Gasteiger partial charge in [0.15, 0.2) is 0 Å². The number of nitrogens with zero attached hydrogens (tertiary/aromatic N) is 1. The van der Waals surface area contributed by atoms with E-state index in [4.69, 9.17) is 16.3 Å². The van der Waals surface area contributed by atoms with E-state index in [1.165, 1.54) is 16.4 Å². The van der Waals surface area contributed by atoms with Crippen LogP contribution < -0.4 is 5.32 Å². The van der Waals surface area contributed by atoms with Gasteiger partial charge in [-0.1, -0.05) is 23.7 Å². The molecule has 2 fully saturated rings. The highest BCUT2D eigenvalue weighted by atomic mass is 35.5. The van der Waals surface area contributed by atoms with Gasteiger partial charge in [-0.25, -0.2) is 8.42 Å². The summed E-state index contributed by atoms with van der Waals surface area (Å²) in [5.74, 6) is -0.0868. The number of carbonyl (C=O) groups is 1. The molecule has 1 saturated carbocycles. The van der Waals surface area contributed by atoms with Crippen LogP contribution in [0.3, 0.4) is 0 Å². The van der Waals surface area contributed by atoms with Crippen LogP contribution in [0, 0.1) is 0 Å². The number of rotatable bonds is 5. The van der Waals surface area contributed by atoms with Gasteiger partial charge in [0.1, 0.15) is 0 Å². The molecule has 0 aromatic heterocycles. The Bertz CT molecular complexity index is 1020. The fourth-order valence-electron chi connectivity index (χ4n) is 3.98. The van der Waals surface area contributed by atoms with Crippen molar-refractivity contribution in [3.05, 3.63) is 59.1 Å². The summed E-state index contributed by atoms with van der Waals surface area (Å²) in [7, 11) is -3.61. The molecule has 1 aliphatic heterocycles. The fraction of sp³-hybridized carbons (Fsp3) is 0.409. The maximum atomic E-state index is 13.0. The van der Waals surface area contributed by atoms with Crippen molar-refractivity contribution in [2.75, 3.05) is 18.4 Å². The summed E-state index contributed by atoms with van der Waals surface area (Å²) in [6.45, 7) is 4.39. The zero-order chi connectivity index (χ0) is 21.5. The summed E-state index contributed by atoms with van der Waals surface area (Å²) >= 11 is 5.96. The van der Waals surface area contributed by atoms with Gasteiger partial charge in [0.2, 0.25) is 15.9 Å². The van der Waals surface area contributed by atoms with Crippen LogP contribution in [0.25, 0.3) is 0 Å². The summed E-state index contributed by atoms with van der Waals surface area (Å²) in [5, 5.41) is 3.56. The van der Waals surface area contributed by atoms with Gasteiger partial charge in [0.25, 0.3) is 0 Å². The van der Waals surface area contributed by atoms with E-state index in [1.54, 1.807) is 24.3 Å². The zero-order valence-electron chi connectivity index (χ0n) is 17.0. The first kappa shape index (κ1) is 21.3. The van der Waals surface area contributed by atoms with Gasteiger partial charge in [-0.3, -0.25) is 4.79 Å². The second-order valence-corrected chi connectivity index (χ2v) is 10.5. The average molecular weight is 449 g/mol. The molecule has 4 rings (SSSR count). The van der Waals surface area contributed by atoms with Gasteiger partial charge in [-0.2, -0.15) is 4.31 Å². The molecule has 0 spiro atoms. The quantitative estimate of drug-likeness (QED) is 0.754. The minimum absolute atomic E-state index is 0.0868. The van der Waals surface area contributed by atoms with Crippen LogP contribution in [0.1, 0.15) is 32.3 Å². The monoisotopic (exact) mass is 448 g/mol. The molecule has 160 valence electrons. The van der Waals surface area contributed by atoms with E-state index in [2.05, 4.69) is 5.32 Å². The molecule has 2 unspecified atom stereocenters. The number of amides is 1. The first-order valence-corrected chi connectivity index (χ1v) is 11.9. The molecular formula is C22H25ClN2O4S. The van der Waals surface area contributed by atoms with E-state index in [0.29, 0.717) is 23.8 Å². The van der Waals surface area contributed by atoms with E-state index < -0.39 is 15.4 Å². The third-order valence-electron chi connectivity index (χ3n) is 5.72. The van der Waals surface area contributed by atoms with Crippen molar-refractivity contribution >= 4 is 33.2 Å². The molecule has 1 N–H and O–H groups in total. The van der Waals surface area contributed by atoms with Crippen molar-refractivity contribution in [3.8, 4) is 0 Å². The van der Waals surface area contributed by atoms with Gasteiger partial charge in [0.05, 0.1) is 22.5 Å². The second kappa shape index (κ2) is 7.96. The van der Waals surface area contributed by atoms with Crippen LogP contribution in [0.15, 0.2) is 53.4 Å². The van der Waals surface area contributed by atoms with Crippen molar-refractivity contribution in [3.63, 3.8) is 0 Å². The maximum Gasteiger partial charge on any atom is 0.243 e. The highest BCUT2D eigenvalue weighted by molar-refractivity contribution is 7.89. The van der Waals surface area contributed by atoms with Gasteiger partial charge in [-0.15, -0.1) is 0 Å². The zero-order valence-corrected chi connectivity index (χ0v) is 18.5. The van der Waals surface area contributed by atoms with Crippen LogP contribution in [0.5, 0.6) is 0 Å². The third kappa shape index (κ3) is 4.12. The van der Waals surface area contributed by atoms with Crippen molar-refractivity contribution < 1.29 is 17.9 Å². The molecule has 2 aromatic carbocycles. The Morgan fingerprint density at radius 3 is 2.13 bits per heavy atom. The topological polar surface area (TPSA) is 75.7 Å². The maximum absolute atomic E-state index is 13.0. The average Bonchev–Trinajstić information content (AvgIpc) is 3.50. The van der Waals surface area contributed by atoms with Gasteiger partial charge in [-0.05, 0) is 68.7 Å². The molecule has 0 radical (unpaired) electrons. The molecule has 1 amide bonds. The summed E-state index contributed by atoms with van der Waals surface area (Å²) < 4.78 is 33.0. The Morgan fingerprint density at radius 1 is 1.03 bits per heavy atom. The van der Waals surface area contributed by atoms with Crippen LogP contribution in [-0.2, 0) is 25.0 Å². The first-order chi connectivity index (χ1) is 14.2. The lowest BCUT2D eigenvalue weighted by molar-refractivity contribution is -0.118. The minimum Gasteiger partial charge on any atom is -0.373 e. The standard InChI is InChI=1S/C22H25ClN2O4S/c1-15-13-25(14-16(2)29-15)30(27,28)20-9-7-19(8-10-20)24-21(26)22(11-12-22)17-3-5-18(23)6-4-17/h3-10,15-16H,11-14H2,1-2H3,(H,24,26). The Labute approximate surface area is 182 Å². The number of ether oxygens (including phenoxy) is 1. The smallest absolute Gasteiger partial charge is 0.243 e. The van der Waals surface area contributed by atoms with Crippen LogP contribution in [0.4, 0.5) is 5.69 Å². The Balaban J connectivity index is 1.47. The largest absolute Gasteiger partial charge is 0.373 e. The van der Waals surface area contributed by atoms with E-state index in [0.717, 1.165) is 18.4 Å². The van der Waals surface area contributed by atoms with E-state index in [1.807, 2.05) is 26.0 Å². The number of morpholine rings is 1. The molecule has 2 atom stereocenters. The SMILES string of the molecule is CC1CN(S(=O)(=O)c2ccc(NC(=O)C3(c4ccc(Cl)cc4)CC3)cc2)CC(C)O1. The first-order valence-electron chi connectivity index (χ1n) is 10.0. The molecule has 1 heterocycles. The van der Waals surface area contributed by atoms with Gasteiger partial charge >= 0.3 is 0 Å². The van der Waals surface area contributed by atoms with E-state index >= 15 is 0 Å². The number of sulfonamides is 1. The number of hydrogen-bond donors (Lipinski definition) is 1. The lowest BCUT2D eigenvalue weighted by Crippen LogP contribution is -2.48. The Morgan fingerprint density at radius 2 is 1.60 bits per heavy atom. The number of nitrogens with one attached hydrogen (secondary N) is 1. The number of carbonyl (C=O) groups excluding carboxylic acids is 1. The van der Waals surface area contributed by atoms with Crippen molar-refractivity contribution in [2.24, 2.45) is 0 Å². The summed E-state index contributed by atoms with van der Waals surface area (Å²) in [5.41, 5.74) is 0.983. The second-order valence-electron chi connectivity index (χ2n) is 8.15. The van der Waals surface area contributed by atoms with Crippen LogP contribution in [-0.4, -0.2) is 43.9 Å². The lowest BCUT2D eigenvalue weighted by atomic mass is 9.95. The van der Waals surface area contributed by atoms with Crippen molar-refractivity contribution in [1.29, 1.82) is 0 Å². The highest BCUT2D eigenvalue weighted by Crippen LogP contribution is 2.49. The predicted octanol–water partition coefficient (Wildman–Crippen LogP) is 3.81. The summed E-state index contributed by atoms with van der Waals surface area (Å²) in [6.07, 6.45) is 1.26. The van der Waals surface area contributed by atoms with Gasteiger partial charge < -0.3 is 10.1 Å². The molecule has 0 bridgehead atoms. The van der Waals surface area contributed by atoms with Crippen molar-refractivity contribution in [1.82, 2.24) is 4.31 Å². The lowest BCUT2D eigenvalue weighted by Gasteiger charge is -2.34. The molecule has 6 nitrogen and oxygen atoms in total. The molecule has 1 aliphatic carbocycles. The number of halogens is 1. The molecule has 1 saturated heterocycles. The molecule has 2 aliphatic rings. The molecule has 8 heteroatoms. The minimum atomic E-state index is -3.61. The number of benzene rings is 2. The van der Waals surface area contributed by atoms with E-state index in [9.17, 15) is 13.2 Å².